The molecule has 0 amide bonds. The van der Waals surface area contributed by atoms with Crippen molar-refractivity contribution in [1.29, 1.82) is 0 Å². The second kappa shape index (κ2) is 4.28. The molecule has 1 aromatic carbocycles. The van der Waals surface area contributed by atoms with Crippen LogP contribution in [0, 0.1) is 6.92 Å². The number of hydrogen-bond donors (Lipinski definition) is 3. The van der Waals surface area contributed by atoms with Crippen molar-refractivity contribution in [3.05, 3.63) is 35.0 Å². The molecule has 1 atom stereocenters. The van der Waals surface area contributed by atoms with Crippen LogP contribution in [0.3, 0.4) is 0 Å². The van der Waals surface area contributed by atoms with Crippen LogP contribution < -0.4 is 5.73 Å². The lowest BCUT2D eigenvalue weighted by Gasteiger charge is -2.08. The Morgan fingerprint density at radius 3 is 2.81 bits per heavy atom. The zero-order valence-corrected chi connectivity index (χ0v) is 9.75. The summed E-state index contributed by atoms with van der Waals surface area (Å²) >= 11 is 0. The van der Waals surface area contributed by atoms with Gasteiger partial charge in [0, 0.05) is 16.6 Å². The number of rotatable bonds is 3. The van der Waals surface area contributed by atoms with Crippen LogP contribution in [0.15, 0.2) is 18.2 Å². The average molecular weight is 218 g/mol. The van der Waals surface area contributed by atoms with Crippen molar-refractivity contribution >= 4 is 10.9 Å². The van der Waals surface area contributed by atoms with Crippen LogP contribution in [0.1, 0.15) is 29.8 Å². The Hall–Kier alpha value is -1.32. The monoisotopic (exact) mass is 218 g/mol. The number of H-pyrrole nitrogens is 1. The van der Waals surface area contributed by atoms with E-state index >= 15 is 0 Å². The van der Waals surface area contributed by atoms with E-state index in [1.165, 1.54) is 5.56 Å². The minimum absolute atomic E-state index is 0.0237. The summed E-state index contributed by atoms with van der Waals surface area (Å²) < 4.78 is 0. The molecule has 1 unspecified atom stereocenters. The van der Waals surface area contributed by atoms with Crippen LogP contribution in [0.25, 0.3) is 10.9 Å². The molecular formula is C13H18N2O. The molecule has 86 valence electrons. The first-order chi connectivity index (χ1) is 7.69. The third-order valence-electron chi connectivity index (χ3n) is 3.11. The SMILES string of the molecule is CCc1cccc2c(C(N)CO)c(C)[nH]c12. The van der Waals surface area contributed by atoms with Gasteiger partial charge < -0.3 is 15.8 Å². The Bertz CT molecular complexity index is 502. The number of benzene rings is 1. The lowest BCUT2D eigenvalue weighted by molar-refractivity contribution is 0.268. The van der Waals surface area contributed by atoms with Gasteiger partial charge in [0.2, 0.25) is 0 Å². The third-order valence-corrected chi connectivity index (χ3v) is 3.11. The highest BCUT2D eigenvalue weighted by atomic mass is 16.3. The van der Waals surface area contributed by atoms with E-state index in [0.29, 0.717) is 0 Å². The molecule has 0 radical (unpaired) electrons. The number of nitrogens with two attached hydrogens (primary N) is 1. The molecule has 3 nitrogen and oxygen atoms in total. The Morgan fingerprint density at radius 1 is 1.44 bits per heavy atom. The van der Waals surface area contributed by atoms with Gasteiger partial charge in [-0.15, -0.1) is 0 Å². The van der Waals surface area contributed by atoms with Gasteiger partial charge in [0.1, 0.15) is 0 Å². The molecule has 1 heterocycles. The van der Waals surface area contributed by atoms with E-state index < -0.39 is 0 Å². The molecule has 1 aromatic heterocycles. The lowest BCUT2D eigenvalue weighted by atomic mass is 10.0. The Morgan fingerprint density at radius 2 is 2.19 bits per heavy atom. The molecule has 0 aliphatic heterocycles. The predicted octanol–water partition coefficient (Wildman–Crippen LogP) is 2.03. The van der Waals surface area contributed by atoms with E-state index in [2.05, 4.69) is 24.0 Å². The summed E-state index contributed by atoms with van der Waals surface area (Å²) in [6.45, 7) is 4.12. The van der Waals surface area contributed by atoms with Crippen LogP contribution in [0.5, 0.6) is 0 Å². The first-order valence-corrected chi connectivity index (χ1v) is 5.65. The Balaban J connectivity index is 2.71. The van der Waals surface area contributed by atoms with E-state index in [1.54, 1.807) is 0 Å². The molecule has 2 rings (SSSR count). The maximum absolute atomic E-state index is 9.18. The number of aryl methyl sites for hydroxylation is 2. The largest absolute Gasteiger partial charge is 0.394 e. The summed E-state index contributed by atoms with van der Waals surface area (Å²) in [5, 5.41) is 10.3. The number of aromatic nitrogens is 1. The van der Waals surface area contributed by atoms with Crippen LogP contribution in [0.4, 0.5) is 0 Å². The molecule has 0 bridgehead atoms. The summed E-state index contributed by atoms with van der Waals surface area (Å²) in [7, 11) is 0. The number of nitrogens with one attached hydrogen (secondary N) is 1. The van der Waals surface area contributed by atoms with Crippen molar-refractivity contribution < 1.29 is 5.11 Å². The van der Waals surface area contributed by atoms with Crippen molar-refractivity contribution in [2.24, 2.45) is 5.73 Å². The van der Waals surface area contributed by atoms with Gasteiger partial charge in [-0.25, -0.2) is 0 Å². The number of aromatic amines is 1. The number of hydrogen-bond acceptors (Lipinski definition) is 2. The van der Waals surface area contributed by atoms with E-state index in [1.807, 2.05) is 13.0 Å². The Labute approximate surface area is 95.3 Å². The molecule has 0 aliphatic rings. The summed E-state index contributed by atoms with van der Waals surface area (Å²) in [6, 6.07) is 5.91. The van der Waals surface area contributed by atoms with Gasteiger partial charge in [-0.05, 0) is 24.5 Å². The lowest BCUT2D eigenvalue weighted by Crippen LogP contribution is -2.15. The standard InChI is InChI=1S/C13H18N2O/c1-3-9-5-4-6-10-12(11(14)7-16)8(2)15-13(9)10/h4-6,11,15-16H,3,7,14H2,1-2H3. The molecule has 0 spiro atoms. The first-order valence-electron chi connectivity index (χ1n) is 5.65. The van der Waals surface area contributed by atoms with Crippen LogP contribution in [0.2, 0.25) is 0 Å². The highest BCUT2D eigenvalue weighted by Gasteiger charge is 2.15. The number of fused-ring (bicyclic) bond motifs is 1. The average Bonchev–Trinajstić information content (AvgIpc) is 2.63. The van der Waals surface area contributed by atoms with Crippen molar-refractivity contribution in [3.8, 4) is 0 Å². The summed E-state index contributed by atoms with van der Waals surface area (Å²) in [5.74, 6) is 0. The van der Waals surface area contributed by atoms with Gasteiger partial charge in [0.05, 0.1) is 12.6 Å². The summed E-state index contributed by atoms with van der Waals surface area (Å²) in [6.07, 6.45) is 0.991. The minimum atomic E-state index is -0.305. The minimum Gasteiger partial charge on any atom is -0.394 e. The molecule has 0 saturated heterocycles. The van der Waals surface area contributed by atoms with Gasteiger partial charge in [-0.1, -0.05) is 25.1 Å². The van der Waals surface area contributed by atoms with Crippen LogP contribution in [-0.4, -0.2) is 16.7 Å². The number of para-hydroxylation sites is 1. The highest BCUT2D eigenvalue weighted by Crippen LogP contribution is 2.28. The van der Waals surface area contributed by atoms with Crippen molar-refractivity contribution in [2.75, 3.05) is 6.61 Å². The molecule has 2 aromatic rings. The van der Waals surface area contributed by atoms with Gasteiger partial charge in [-0.3, -0.25) is 0 Å². The van der Waals surface area contributed by atoms with Crippen LogP contribution >= 0.6 is 0 Å². The zero-order valence-electron chi connectivity index (χ0n) is 9.75. The third kappa shape index (κ3) is 1.62. The molecule has 16 heavy (non-hydrogen) atoms. The van der Waals surface area contributed by atoms with Crippen molar-refractivity contribution in [1.82, 2.24) is 4.98 Å². The predicted molar refractivity (Wildman–Crippen MR) is 66.4 cm³/mol. The number of aliphatic hydroxyl groups excluding tert-OH is 1. The Kier molecular flexibility index (Phi) is 2.99. The van der Waals surface area contributed by atoms with E-state index in [0.717, 1.165) is 28.6 Å². The summed E-state index contributed by atoms with van der Waals surface area (Å²) in [4.78, 5) is 3.37. The second-order valence-corrected chi connectivity index (χ2v) is 4.15. The van der Waals surface area contributed by atoms with Crippen molar-refractivity contribution in [2.45, 2.75) is 26.3 Å². The second-order valence-electron chi connectivity index (χ2n) is 4.15. The molecular weight excluding hydrogens is 200 g/mol. The quantitative estimate of drug-likeness (QED) is 0.738. The molecule has 0 saturated carbocycles. The van der Waals surface area contributed by atoms with Gasteiger partial charge >= 0.3 is 0 Å². The maximum Gasteiger partial charge on any atom is 0.0625 e. The van der Waals surface area contributed by atoms with E-state index in [9.17, 15) is 5.11 Å². The number of aliphatic hydroxyl groups is 1. The summed E-state index contributed by atoms with van der Waals surface area (Å²) in [5.41, 5.74) is 10.5. The molecule has 3 heteroatoms. The molecule has 4 N–H and O–H groups in total. The first kappa shape index (κ1) is 11.2. The van der Waals surface area contributed by atoms with Gasteiger partial charge in [0.25, 0.3) is 0 Å². The van der Waals surface area contributed by atoms with Crippen LogP contribution in [-0.2, 0) is 6.42 Å². The zero-order chi connectivity index (χ0) is 11.7. The normalized spacial score (nSPS) is 13.2. The van der Waals surface area contributed by atoms with E-state index in [4.69, 9.17) is 5.73 Å². The smallest absolute Gasteiger partial charge is 0.0625 e. The van der Waals surface area contributed by atoms with Crippen molar-refractivity contribution in [3.63, 3.8) is 0 Å². The molecule has 0 aliphatic carbocycles. The highest BCUT2D eigenvalue weighted by molar-refractivity contribution is 5.87. The molecule has 0 fully saturated rings. The van der Waals surface area contributed by atoms with Gasteiger partial charge in [0.15, 0.2) is 0 Å². The topological polar surface area (TPSA) is 62.0 Å². The maximum atomic E-state index is 9.18. The van der Waals surface area contributed by atoms with Gasteiger partial charge in [-0.2, -0.15) is 0 Å². The fourth-order valence-corrected chi connectivity index (χ4v) is 2.29. The van der Waals surface area contributed by atoms with E-state index in [-0.39, 0.29) is 12.6 Å². The fourth-order valence-electron chi connectivity index (χ4n) is 2.29. The fraction of sp³-hybridized carbons (Fsp3) is 0.385.